The SMILES string of the molecule is COc1ccc(C(CC(=O)NNC(=O)c2cc3c(s2)CCCCC3)NC(C)=O)cc1. The van der Waals surface area contributed by atoms with Crippen LogP contribution in [-0.4, -0.2) is 24.8 Å². The Kier molecular flexibility index (Phi) is 7.46. The maximum absolute atomic E-state index is 12.5. The van der Waals surface area contributed by atoms with E-state index in [2.05, 4.69) is 16.2 Å². The van der Waals surface area contributed by atoms with Gasteiger partial charge in [0, 0.05) is 11.8 Å². The zero-order chi connectivity index (χ0) is 21.5. The third-order valence-electron chi connectivity index (χ3n) is 5.07. The normalized spacial score (nSPS) is 14.1. The molecule has 0 radical (unpaired) electrons. The lowest BCUT2D eigenvalue weighted by Crippen LogP contribution is -2.43. The molecule has 160 valence electrons. The number of methoxy groups -OCH3 is 1. The van der Waals surface area contributed by atoms with Crippen LogP contribution in [0.15, 0.2) is 30.3 Å². The van der Waals surface area contributed by atoms with Crippen LogP contribution in [0.1, 0.15) is 64.3 Å². The predicted molar refractivity (Wildman–Crippen MR) is 115 cm³/mol. The van der Waals surface area contributed by atoms with E-state index in [0.717, 1.165) is 31.2 Å². The molecule has 30 heavy (non-hydrogen) atoms. The maximum atomic E-state index is 12.5. The van der Waals surface area contributed by atoms with Crippen molar-refractivity contribution in [3.05, 3.63) is 51.2 Å². The number of carbonyl (C=O) groups is 3. The second-order valence-corrected chi connectivity index (χ2v) is 8.49. The summed E-state index contributed by atoms with van der Waals surface area (Å²) >= 11 is 1.50. The molecule has 1 aliphatic rings. The lowest BCUT2D eigenvalue weighted by molar-refractivity contribution is -0.123. The van der Waals surface area contributed by atoms with E-state index in [1.165, 1.54) is 35.1 Å². The van der Waals surface area contributed by atoms with Gasteiger partial charge >= 0.3 is 0 Å². The molecule has 1 aromatic heterocycles. The predicted octanol–water partition coefficient (Wildman–Crippen LogP) is 3.05. The van der Waals surface area contributed by atoms with Gasteiger partial charge in [-0.1, -0.05) is 18.6 Å². The fraction of sp³-hybridized carbons (Fsp3) is 0.409. The molecule has 1 aromatic carbocycles. The average Bonchev–Trinajstić information content (AvgIpc) is 3.02. The third-order valence-corrected chi connectivity index (χ3v) is 6.31. The molecule has 8 heteroatoms. The molecule has 1 heterocycles. The van der Waals surface area contributed by atoms with Gasteiger partial charge in [0.15, 0.2) is 0 Å². The van der Waals surface area contributed by atoms with Crippen molar-refractivity contribution in [3.8, 4) is 5.75 Å². The van der Waals surface area contributed by atoms with Crippen LogP contribution in [0.2, 0.25) is 0 Å². The summed E-state index contributed by atoms with van der Waals surface area (Å²) in [6.45, 7) is 1.40. The number of aryl methyl sites for hydroxylation is 2. The van der Waals surface area contributed by atoms with Gasteiger partial charge < -0.3 is 10.1 Å². The Bertz CT molecular complexity index is 884. The van der Waals surface area contributed by atoms with Crippen LogP contribution in [0, 0.1) is 0 Å². The number of fused-ring (bicyclic) bond motifs is 1. The van der Waals surface area contributed by atoms with Crippen molar-refractivity contribution in [1.82, 2.24) is 16.2 Å². The van der Waals surface area contributed by atoms with E-state index in [-0.39, 0.29) is 18.2 Å². The Labute approximate surface area is 180 Å². The number of benzene rings is 1. The highest BCUT2D eigenvalue weighted by Crippen LogP contribution is 2.28. The fourth-order valence-corrected chi connectivity index (χ4v) is 4.69. The minimum atomic E-state index is -0.511. The van der Waals surface area contributed by atoms with E-state index in [9.17, 15) is 14.4 Å². The minimum absolute atomic E-state index is 0.00682. The largest absolute Gasteiger partial charge is 0.497 e. The van der Waals surface area contributed by atoms with Gasteiger partial charge in [-0.15, -0.1) is 11.3 Å². The van der Waals surface area contributed by atoms with Crippen LogP contribution in [0.4, 0.5) is 0 Å². The van der Waals surface area contributed by atoms with Crippen LogP contribution in [0.5, 0.6) is 5.75 Å². The average molecular weight is 430 g/mol. The number of hydrazine groups is 1. The molecule has 1 atom stereocenters. The molecular weight excluding hydrogens is 402 g/mol. The number of thiophene rings is 1. The Balaban J connectivity index is 1.58. The van der Waals surface area contributed by atoms with E-state index >= 15 is 0 Å². The van der Waals surface area contributed by atoms with Gasteiger partial charge in [0.05, 0.1) is 24.4 Å². The lowest BCUT2D eigenvalue weighted by atomic mass is 10.0. The number of nitrogens with one attached hydrogen (secondary N) is 3. The second-order valence-electron chi connectivity index (χ2n) is 7.35. The number of ether oxygens (including phenoxy) is 1. The summed E-state index contributed by atoms with van der Waals surface area (Å²) in [4.78, 5) is 38.3. The number of hydrogen-bond donors (Lipinski definition) is 3. The van der Waals surface area contributed by atoms with Crippen molar-refractivity contribution in [2.24, 2.45) is 0 Å². The molecule has 3 amide bonds. The molecule has 1 unspecified atom stereocenters. The van der Waals surface area contributed by atoms with Crippen molar-refractivity contribution in [2.45, 2.75) is 51.5 Å². The van der Waals surface area contributed by atoms with Crippen LogP contribution in [-0.2, 0) is 22.4 Å². The number of rotatable bonds is 6. The van der Waals surface area contributed by atoms with Crippen molar-refractivity contribution in [1.29, 1.82) is 0 Å². The molecule has 7 nitrogen and oxygen atoms in total. The summed E-state index contributed by atoms with van der Waals surface area (Å²) in [6, 6.07) is 8.55. The van der Waals surface area contributed by atoms with E-state index in [4.69, 9.17) is 4.74 Å². The maximum Gasteiger partial charge on any atom is 0.279 e. The smallest absolute Gasteiger partial charge is 0.279 e. The molecule has 1 aliphatic carbocycles. The molecule has 0 spiro atoms. The number of hydrogen-bond acceptors (Lipinski definition) is 5. The van der Waals surface area contributed by atoms with E-state index in [0.29, 0.717) is 10.6 Å². The highest BCUT2D eigenvalue weighted by molar-refractivity contribution is 7.14. The Morgan fingerprint density at radius 2 is 1.80 bits per heavy atom. The first-order valence-corrected chi connectivity index (χ1v) is 10.9. The molecule has 0 fully saturated rings. The summed E-state index contributed by atoms with van der Waals surface area (Å²) in [5, 5.41) is 2.77. The molecule has 0 saturated carbocycles. The van der Waals surface area contributed by atoms with Crippen molar-refractivity contribution in [2.75, 3.05) is 7.11 Å². The van der Waals surface area contributed by atoms with Gasteiger partial charge in [0.2, 0.25) is 11.8 Å². The van der Waals surface area contributed by atoms with Crippen molar-refractivity contribution < 1.29 is 19.1 Å². The van der Waals surface area contributed by atoms with Gasteiger partial charge in [-0.05, 0) is 55.0 Å². The minimum Gasteiger partial charge on any atom is -0.497 e. The van der Waals surface area contributed by atoms with Gasteiger partial charge in [0.25, 0.3) is 5.91 Å². The highest BCUT2D eigenvalue weighted by atomic mass is 32.1. The van der Waals surface area contributed by atoms with Crippen LogP contribution in [0.25, 0.3) is 0 Å². The summed E-state index contributed by atoms with van der Waals surface area (Å²) in [5.74, 6) is -0.267. The first-order valence-electron chi connectivity index (χ1n) is 10.1. The van der Waals surface area contributed by atoms with Gasteiger partial charge in [-0.2, -0.15) is 0 Å². The highest BCUT2D eigenvalue weighted by Gasteiger charge is 2.20. The third kappa shape index (κ3) is 5.82. The summed E-state index contributed by atoms with van der Waals surface area (Å²) < 4.78 is 5.14. The molecular formula is C22H27N3O4S. The Morgan fingerprint density at radius 1 is 1.07 bits per heavy atom. The van der Waals surface area contributed by atoms with E-state index < -0.39 is 11.9 Å². The quantitative estimate of drug-likeness (QED) is 0.486. The topological polar surface area (TPSA) is 96.5 Å². The first-order chi connectivity index (χ1) is 14.5. The monoisotopic (exact) mass is 429 g/mol. The summed E-state index contributed by atoms with van der Waals surface area (Å²) in [7, 11) is 1.57. The molecule has 0 saturated heterocycles. The standard InChI is InChI=1S/C22H27N3O4S/c1-14(26)23-18(15-8-10-17(29-2)11-9-15)13-21(27)24-25-22(28)20-12-16-6-4-3-5-7-19(16)30-20/h8-12,18H,3-7,13H2,1-2H3,(H,23,26)(H,24,27)(H,25,28). The Morgan fingerprint density at radius 3 is 2.50 bits per heavy atom. The fourth-order valence-electron chi connectivity index (χ4n) is 3.54. The molecule has 0 bridgehead atoms. The second kappa shape index (κ2) is 10.2. The molecule has 3 N–H and O–H groups in total. The van der Waals surface area contributed by atoms with E-state index in [1.807, 2.05) is 6.07 Å². The van der Waals surface area contributed by atoms with Gasteiger partial charge in [0.1, 0.15) is 5.75 Å². The van der Waals surface area contributed by atoms with Crippen LogP contribution < -0.4 is 20.9 Å². The Hall–Kier alpha value is -2.87. The van der Waals surface area contributed by atoms with Crippen LogP contribution >= 0.6 is 11.3 Å². The zero-order valence-electron chi connectivity index (χ0n) is 17.2. The van der Waals surface area contributed by atoms with Crippen LogP contribution in [0.3, 0.4) is 0 Å². The number of amides is 3. The molecule has 0 aliphatic heterocycles. The summed E-state index contributed by atoms with van der Waals surface area (Å²) in [6.07, 6.45) is 5.54. The first kappa shape index (κ1) is 21.8. The van der Waals surface area contributed by atoms with Crippen molar-refractivity contribution in [3.63, 3.8) is 0 Å². The zero-order valence-corrected chi connectivity index (χ0v) is 18.1. The molecule has 2 aromatic rings. The van der Waals surface area contributed by atoms with Gasteiger partial charge in [-0.3, -0.25) is 25.2 Å². The summed E-state index contributed by atoms with van der Waals surface area (Å²) in [5.41, 5.74) is 6.97. The lowest BCUT2D eigenvalue weighted by Gasteiger charge is -2.18. The number of carbonyl (C=O) groups excluding carboxylic acids is 3. The van der Waals surface area contributed by atoms with E-state index in [1.54, 1.807) is 31.4 Å². The van der Waals surface area contributed by atoms with Gasteiger partial charge in [-0.25, -0.2) is 0 Å². The van der Waals surface area contributed by atoms with Crippen molar-refractivity contribution >= 4 is 29.1 Å². The molecule has 3 rings (SSSR count).